The van der Waals surface area contributed by atoms with Gasteiger partial charge in [-0.1, -0.05) is 21.1 Å². The number of carbonyl (C=O) groups excluding carboxylic acids is 1. The first-order valence-corrected chi connectivity index (χ1v) is 6.81. The van der Waals surface area contributed by atoms with Crippen molar-refractivity contribution >= 4 is 21.8 Å². The first-order chi connectivity index (χ1) is 9.38. The van der Waals surface area contributed by atoms with Crippen molar-refractivity contribution in [3.8, 4) is 0 Å². The van der Waals surface area contributed by atoms with Crippen LogP contribution in [0.5, 0.6) is 0 Å². The summed E-state index contributed by atoms with van der Waals surface area (Å²) in [5, 5.41) is 3.85. The number of halogens is 2. The molecule has 1 heterocycles. The minimum absolute atomic E-state index is 0.259. The third kappa shape index (κ3) is 3.07. The number of nitrogens with zero attached hydrogens (tertiary/aromatic N) is 2. The van der Waals surface area contributed by atoms with E-state index in [9.17, 15) is 9.18 Å². The molecular weight excluding hydrogens is 327 g/mol. The second kappa shape index (κ2) is 5.75. The third-order valence-corrected chi connectivity index (χ3v) is 3.49. The lowest BCUT2D eigenvalue weighted by atomic mass is 10.1. The topological polar surface area (TPSA) is 46.3 Å². The van der Waals surface area contributed by atoms with E-state index < -0.39 is 5.82 Å². The highest BCUT2D eigenvalue weighted by Gasteiger charge is 2.17. The van der Waals surface area contributed by atoms with Gasteiger partial charge in [0.1, 0.15) is 11.6 Å². The Balaban J connectivity index is 2.20. The van der Waals surface area contributed by atoms with Crippen molar-refractivity contribution in [1.82, 2.24) is 10.1 Å². The van der Waals surface area contributed by atoms with Crippen LogP contribution >= 0.6 is 15.9 Å². The molecule has 0 saturated carbocycles. The molecule has 0 radical (unpaired) electrons. The molecule has 0 atom stereocenters. The molecule has 0 spiro atoms. The molecule has 20 heavy (non-hydrogen) atoms. The summed E-state index contributed by atoms with van der Waals surface area (Å²) in [6, 6.07) is 4.12. The number of hydrogen-bond acceptors (Lipinski definition) is 3. The van der Waals surface area contributed by atoms with Crippen molar-refractivity contribution in [3.05, 3.63) is 51.1 Å². The monoisotopic (exact) mass is 340 g/mol. The Bertz CT molecular complexity index is 615. The highest BCUT2D eigenvalue weighted by atomic mass is 79.9. The fraction of sp³-hybridized carbons (Fsp3) is 0.286. The smallest absolute Gasteiger partial charge is 0.254 e. The van der Waals surface area contributed by atoms with E-state index in [-0.39, 0.29) is 5.91 Å². The molecule has 2 rings (SSSR count). The van der Waals surface area contributed by atoms with Gasteiger partial charge in [-0.25, -0.2) is 4.39 Å². The fourth-order valence-electron chi connectivity index (χ4n) is 1.93. The molecule has 0 aliphatic rings. The van der Waals surface area contributed by atoms with E-state index in [2.05, 4.69) is 21.1 Å². The second-order valence-electron chi connectivity index (χ2n) is 4.62. The molecule has 0 aliphatic carbocycles. The summed E-state index contributed by atoms with van der Waals surface area (Å²) in [7, 11) is 1.66. The van der Waals surface area contributed by atoms with Crippen molar-refractivity contribution < 1.29 is 13.7 Å². The number of benzene rings is 1. The largest absolute Gasteiger partial charge is 0.361 e. The molecule has 0 unspecified atom stereocenters. The standard InChI is InChI=1S/C14H14BrFN2O2/c1-8-13(9(2)20-17-8)7-18(3)14(19)10-4-11(15)6-12(16)5-10/h4-6H,7H2,1-3H3. The molecule has 1 amide bonds. The Labute approximate surface area is 124 Å². The van der Waals surface area contributed by atoms with Gasteiger partial charge in [-0.05, 0) is 32.0 Å². The van der Waals surface area contributed by atoms with Crippen LogP contribution in [0.4, 0.5) is 4.39 Å². The van der Waals surface area contributed by atoms with Gasteiger partial charge in [0, 0.05) is 22.6 Å². The van der Waals surface area contributed by atoms with Gasteiger partial charge in [0.15, 0.2) is 0 Å². The van der Waals surface area contributed by atoms with Crippen molar-refractivity contribution in [2.24, 2.45) is 0 Å². The van der Waals surface area contributed by atoms with Gasteiger partial charge >= 0.3 is 0 Å². The Hall–Kier alpha value is -1.69. The predicted octanol–water partition coefficient (Wildman–Crippen LogP) is 3.47. The first kappa shape index (κ1) is 14.7. The zero-order valence-electron chi connectivity index (χ0n) is 11.4. The van der Waals surface area contributed by atoms with Gasteiger partial charge in [0.05, 0.1) is 12.2 Å². The van der Waals surface area contributed by atoms with Crippen LogP contribution in [0.2, 0.25) is 0 Å². The van der Waals surface area contributed by atoms with Crippen LogP contribution in [-0.4, -0.2) is 23.0 Å². The maximum atomic E-state index is 13.3. The predicted molar refractivity (Wildman–Crippen MR) is 75.9 cm³/mol. The molecular formula is C14H14BrFN2O2. The van der Waals surface area contributed by atoms with E-state index in [0.717, 1.165) is 11.3 Å². The Morgan fingerprint density at radius 2 is 2.10 bits per heavy atom. The summed E-state index contributed by atoms with van der Waals surface area (Å²) in [6.07, 6.45) is 0. The van der Waals surface area contributed by atoms with Gasteiger partial charge in [-0.15, -0.1) is 0 Å². The molecule has 1 aromatic carbocycles. The zero-order chi connectivity index (χ0) is 14.9. The number of rotatable bonds is 3. The quantitative estimate of drug-likeness (QED) is 0.859. The molecule has 0 N–H and O–H groups in total. The minimum Gasteiger partial charge on any atom is -0.361 e. The molecule has 4 nitrogen and oxygen atoms in total. The summed E-state index contributed by atoms with van der Waals surface area (Å²) in [4.78, 5) is 13.8. The van der Waals surface area contributed by atoms with Crippen molar-refractivity contribution in [2.75, 3.05) is 7.05 Å². The second-order valence-corrected chi connectivity index (χ2v) is 5.54. The van der Waals surface area contributed by atoms with Crippen molar-refractivity contribution in [1.29, 1.82) is 0 Å². The Morgan fingerprint density at radius 1 is 1.40 bits per heavy atom. The number of aromatic nitrogens is 1. The van der Waals surface area contributed by atoms with Gasteiger partial charge < -0.3 is 9.42 Å². The lowest BCUT2D eigenvalue weighted by Crippen LogP contribution is -2.26. The fourth-order valence-corrected chi connectivity index (χ4v) is 2.40. The van der Waals surface area contributed by atoms with Crippen LogP contribution in [0.25, 0.3) is 0 Å². The Kier molecular flexibility index (Phi) is 4.23. The van der Waals surface area contributed by atoms with Gasteiger partial charge in [-0.3, -0.25) is 4.79 Å². The van der Waals surface area contributed by atoms with E-state index in [0.29, 0.717) is 22.3 Å². The summed E-state index contributed by atoms with van der Waals surface area (Å²) in [6.45, 7) is 3.99. The molecule has 2 aromatic rings. The average molecular weight is 341 g/mol. The number of hydrogen-bond donors (Lipinski definition) is 0. The van der Waals surface area contributed by atoms with Crippen LogP contribution in [0.15, 0.2) is 27.2 Å². The summed E-state index contributed by atoms with van der Waals surface area (Å²) < 4.78 is 18.9. The van der Waals surface area contributed by atoms with Crippen LogP contribution in [0.3, 0.4) is 0 Å². The van der Waals surface area contributed by atoms with Crippen LogP contribution in [0.1, 0.15) is 27.4 Å². The first-order valence-electron chi connectivity index (χ1n) is 6.02. The van der Waals surface area contributed by atoms with E-state index in [4.69, 9.17) is 4.52 Å². The van der Waals surface area contributed by atoms with Gasteiger partial charge in [0.2, 0.25) is 0 Å². The van der Waals surface area contributed by atoms with Crippen molar-refractivity contribution in [3.63, 3.8) is 0 Å². The third-order valence-electron chi connectivity index (χ3n) is 3.03. The highest BCUT2D eigenvalue weighted by Crippen LogP contribution is 2.19. The normalized spacial score (nSPS) is 10.7. The minimum atomic E-state index is -0.450. The lowest BCUT2D eigenvalue weighted by Gasteiger charge is -2.17. The van der Waals surface area contributed by atoms with Gasteiger partial charge in [-0.2, -0.15) is 0 Å². The lowest BCUT2D eigenvalue weighted by molar-refractivity contribution is 0.0784. The average Bonchev–Trinajstić information content (AvgIpc) is 2.68. The highest BCUT2D eigenvalue weighted by molar-refractivity contribution is 9.10. The molecule has 0 saturated heterocycles. The number of carbonyl (C=O) groups is 1. The number of amides is 1. The molecule has 0 aliphatic heterocycles. The van der Waals surface area contributed by atoms with E-state index in [1.165, 1.54) is 17.0 Å². The van der Waals surface area contributed by atoms with Crippen molar-refractivity contribution in [2.45, 2.75) is 20.4 Å². The van der Waals surface area contributed by atoms with E-state index >= 15 is 0 Å². The van der Waals surface area contributed by atoms with Gasteiger partial charge in [0.25, 0.3) is 5.91 Å². The summed E-state index contributed by atoms with van der Waals surface area (Å²) in [5.74, 6) is -0.0266. The molecule has 1 aromatic heterocycles. The van der Waals surface area contributed by atoms with Crippen LogP contribution in [-0.2, 0) is 6.54 Å². The molecule has 6 heteroatoms. The summed E-state index contributed by atoms with van der Waals surface area (Å²) >= 11 is 3.18. The Morgan fingerprint density at radius 3 is 2.65 bits per heavy atom. The SMILES string of the molecule is Cc1noc(C)c1CN(C)C(=O)c1cc(F)cc(Br)c1. The maximum absolute atomic E-state index is 13.3. The molecule has 0 fully saturated rings. The molecule has 0 bridgehead atoms. The van der Waals surface area contributed by atoms with Crippen LogP contribution < -0.4 is 0 Å². The van der Waals surface area contributed by atoms with Crippen LogP contribution in [0, 0.1) is 19.7 Å². The van der Waals surface area contributed by atoms with E-state index in [1.54, 1.807) is 20.0 Å². The molecule has 106 valence electrons. The number of aryl methyl sites for hydroxylation is 2. The zero-order valence-corrected chi connectivity index (χ0v) is 13.0. The maximum Gasteiger partial charge on any atom is 0.254 e. The van der Waals surface area contributed by atoms with E-state index in [1.807, 2.05) is 6.92 Å². The summed E-state index contributed by atoms with van der Waals surface area (Å²) in [5.41, 5.74) is 1.92.